The quantitative estimate of drug-likeness (QED) is 0.892. The highest BCUT2D eigenvalue weighted by atomic mass is 19.1. The highest BCUT2D eigenvalue weighted by Crippen LogP contribution is 2.28. The molecule has 0 bridgehead atoms. The van der Waals surface area contributed by atoms with E-state index in [1.807, 2.05) is 4.90 Å². The zero-order valence-electron chi connectivity index (χ0n) is 15.6. The monoisotopic (exact) mass is 361 g/mol. The summed E-state index contributed by atoms with van der Waals surface area (Å²) in [5.74, 6) is 0.00638. The summed E-state index contributed by atoms with van der Waals surface area (Å²) in [4.78, 5) is 29.2. The van der Waals surface area contributed by atoms with Crippen LogP contribution >= 0.6 is 0 Å². The van der Waals surface area contributed by atoms with Gasteiger partial charge in [0.15, 0.2) is 0 Å². The second-order valence-corrected chi connectivity index (χ2v) is 7.68. The number of urea groups is 1. The van der Waals surface area contributed by atoms with Crippen molar-refractivity contribution in [2.45, 2.75) is 45.6 Å². The molecule has 0 spiro atoms. The molecule has 0 radical (unpaired) electrons. The van der Waals surface area contributed by atoms with E-state index in [4.69, 9.17) is 0 Å². The lowest BCUT2D eigenvalue weighted by Crippen LogP contribution is -2.49. The van der Waals surface area contributed by atoms with Gasteiger partial charge in [0.2, 0.25) is 5.91 Å². The fourth-order valence-electron chi connectivity index (χ4n) is 4.11. The van der Waals surface area contributed by atoms with Crippen LogP contribution in [0.25, 0.3) is 0 Å². The van der Waals surface area contributed by atoms with E-state index in [0.29, 0.717) is 25.0 Å². The molecule has 2 unspecified atom stereocenters. The summed E-state index contributed by atoms with van der Waals surface area (Å²) >= 11 is 0. The third-order valence-corrected chi connectivity index (χ3v) is 5.53. The SMILES string of the molecule is CC(C)C1CCCN1C(=O)C1CCCN(C(=O)Nc2ccccc2F)C1. The Kier molecular flexibility index (Phi) is 5.79. The highest BCUT2D eigenvalue weighted by Gasteiger charge is 2.37. The minimum Gasteiger partial charge on any atom is -0.339 e. The van der Waals surface area contributed by atoms with E-state index in [-0.39, 0.29) is 23.5 Å². The molecule has 5 nitrogen and oxygen atoms in total. The van der Waals surface area contributed by atoms with E-state index in [0.717, 1.165) is 32.2 Å². The molecule has 0 aliphatic carbocycles. The van der Waals surface area contributed by atoms with Gasteiger partial charge in [0.05, 0.1) is 11.6 Å². The van der Waals surface area contributed by atoms with Crippen molar-refractivity contribution in [3.05, 3.63) is 30.1 Å². The third kappa shape index (κ3) is 4.00. The Labute approximate surface area is 154 Å². The van der Waals surface area contributed by atoms with Crippen LogP contribution in [0.2, 0.25) is 0 Å². The molecule has 2 fully saturated rings. The van der Waals surface area contributed by atoms with Crippen LogP contribution in [0.15, 0.2) is 24.3 Å². The number of halogens is 1. The molecule has 3 rings (SSSR count). The van der Waals surface area contributed by atoms with Gasteiger partial charge in [-0.2, -0.15) is 0 Å². The predicted octanol–water partition coefficient (Wildman–Crippen LogP) is 3.72. The first-order valence-electron chi connectivity index (χ1n) is 9.58. The van der Waals surface area contributed by atoms with Crippen molar-refractivity contribution >= 4 is 17.6 Å². The van der Waals surface area contributed by atoms with Gasteiger partial charge in [0, 0.05) is 25.7 Å². The second kappa shape index (κ2) is 8.06. The number of piperidine rings is 1. The van der Waals surface area contributed by atoms with E-state index in [9.17, 15) is 14.0 Å². The van der Waals surface area contributed by atoms with Gasteiger partial charge in [0.1, 0.15) is 5.82 Å². The van der Waals surface area contributed by atoms with Crippen LogP contribution in [-0.4, -0.2) is 47.4 Å². The van der Waals surface area contributed by atoms with Crippen molar-refractivity contribution in [3.63, 3.8) is 0 Å². The standard InChI is InChI=1S/C20H28FN3O2/c1-14(2)18-10-6-12-24(18)19(25)15-7-5-11-23(13-15)20(26)22-17-9-4-3-8-16(17)21/h3-4,8-9,14-15,18H,5-7,10-13H2,1-2H3,(H,22,26). The summed E-state index contributed by atoms with van der Waals surface area (Å²) in [5, 5.41) is 2.62. The number of amides is 3. The third-order valence-electron chi connectivity index (χ3n) is 5.53. The Bertz CT molecular complexity index is 664. The van der Waals surface area contributed by atoms with Crippen LogP contribution in [0.1, 0.15) is 39.5 Å². The minimum atomic E-state index is -0.456. The normalized spacial score (nSPS) is 23.4. The Hall–Kier alpha value is -2.11. The summed E-state index contributed by atoms with van der Waals surface area (Å²) < 4.78 is 13.8. The molecule has 2 aliphatic rings. The molecular weight excluding hydrogens is 333 g/mol. The maximum atomic E-state index is 13.8. The molecule has 1 aromatic rings. The smallest absolute Gasteiger partial charge is 0.321 e. The van der Waals surface area contributed by atoms with Gasteiger partial charge >= 0.3 is 6.03 Å². The van der Waals surface area contributed by atoms with E-state index >= 15 is 0 Å². The topological polar surface area (TPSA) is 52.7 Å². The van der Waals surface area contributed by atoms with Gasteiger partial charge < -0.3 is 15.1 Å². The number of nitrogens with zero attached hydrogens (tertiary/aromatic N) is 2. The maximum absolute atomic E-state index is 13.8. The minimum absolute atomic E-state index is 0.158. The molecule has 142 valence electrons. The summed E-state index contributed by atoms with van der Waals surface area (Å²) in [6.07, 6.45) is 3.72. The van der Waals surface area contributed by atoms with Gasteiger partial charge in [-0.15, -0.1) is 0 Å². The number of likely N-dealkylation sites (tertiary alicyclic amines) is 2. The predicted molar refractivity (Wildman–Crippen MR) is 99.3 cm³/mol. The zero-order valence-corrected chi connectivity index (χ0v) is 15.6. The van der Waals surface area contributed by atoms with E-state index in [2.05, 4.69) is 19.2 Å². The van der Waals surface area contributed by atoms with E-state index in [1.54, 1.807) is 17.0 Å². The number of anilines is 1. The van der Waals surface area contributed by atoms with Crippen LogP contribution in [0.3, 0.4) is 0 Å². The first kappa shape index (κ1) is 18.7. The van der Waals surface area contributed by atoms with Crippen LogP contribution in [0.5, 0.6) is 0 Å². The van der Waals surface area contributed by atoms with Gasteiger partial charge in [-0.3, -0.25) is 4.79 Å². The largest absolute Gasteiger partial charge is 0.339 e. The molecule has 2 heterocycles. The number of rotatable bonds is 3. The summed E-state index contributed by atoms with van der Waals surface area (Å²) in [6.45, 7) is 6.13. The van der Waals surface area contributed by atoms with Gasteiger partial charge in [-0.05, 0) is 43.7 Å². The summed E-state index contributed by atoms with van der Waals surface area (Å²) in [6, 6.07) is 6.09. The molecule has 0 saturated carbocycles. The molecule has 6 heteroatoms. The van der Waals surface area contributed by atoms with Crippen molar-refractivity contribution < 1.29 is 14.0 Å². The Morgan fingerprint density at radius 2 is 1.88 bits per heavy atom. The van der Waals surface area contributed by atoms with Gasteiger partial charge in [-0.1, -0.05) is 26.0 Å². The maximum Gasteiger partial charge on any atom is 0.321 e. The van der Waals surface area contributed by atoms with Crippen molar-refractivity contribution in [1.82, 2.24) is 9.80 Å². The highest BCUT2D eigenvalue weighted by molar-refractivity contribution is 5.90. The van der Waals surface area contributed by atoms with Gasteiger partial charge in [-0.25, -0.2) is 9.18 Å². The lowest BCUT2D eigenvalue weighted by molar-refractivity contribution is -0.138. The molecule has 1 aromatic carbocycles. The summed E-state index contributed by atoms with van der Waals surface area (Å²) in [5.41, 5.74) is 0.172. The second-order valence-electron chi connectivity index (χ2n) is 7.68. The Morgan fingerprint density at radius 3 is 2.62 bits per heavy atom. The number of para-hydroxylation sites is 1. The number of benzene rings is 1. The number of nitrogens with one attached hydrogen (secondary N) is 1. The molecule has 0 aromatic heterocycles. The van der Waals surface area contributed by atoms with Crippen molar-refractivity contribution in [2.24, 2.45) is 11.8 Å². The molecule has 26 heavy (non-hydrogen) atoms. The summed E-state index contributed by atoms with van der Waals surface area (Å²) in [7, 11) is 0. The fourth-order valence-corrected chi connectivity index (χ4v) is 4.11. The average molecular weight is 361 g/mol. The Morgan fingerprint density at radius 1 is 1.15 bits per heavy atom. The van der Waals surface area contributed by atoms with Crippen molar-refractivity contribution in [2.75, 3.05) is 25.0 Å². The first-order valence-corrected chi connectivity index (χ1v) is 9.58. The van der Waals surface area contributed by atoms with Crippen molar-refractivity contribution in [3.8, 4) is 0 Å². The Balaban J connectivity index is 1.62. The number of hydrogen-bond donors (Lipinski definition) is 1. The van der Waals surface area contributed by atoms with Crippen LogP contribution < -0.4 is 5.32 Å². The molecule has 2 atom stereocenters. The number of hydrogen-bond acceptors (Lipinski definition) is 2. The zero-order chi connectivity index (χ0) is 18.7. The lowest BCUT2D eigenvalue weighted by Gasteiger charge is -2.36. The van der Waals surface area contributed by atoms with E-state index in [1.165, 1.54) is 12.1 Å². The van der Waals surface area contributed by atoms with Gasteiger partial charge in [0.25, 0.3) is 0 Å². The molecule has 1 N–H and O–H groups in total. The lowest BCUT2D eigenvalue weighted by atomic mass is 9.95. The van der Waals surface area contributed by atoms with E-state index < -0.39 is 5.82 Å². The number of carbonyl (C=O) groups excluding carboxylic acids is 2. The molecule has 3 amide bonds. The van der Waals surface area contributed by atoms with Crippen molar-refractivity contribution in [1.29, 1.82) is 0 Å². The molecule has 2 aliphatic heterocycles. The number of carbonyl (C=O) groups is 2. The average Bonchev–Trinajstić information content (AvgIpc) is 3.13. The first-order chi connectivity index (χ1) is 12.5. The van der Waals surface area contributed by atoms with Crippen LogP contribution in [0, 0.1) is 17.7 Å². The fraction of sp³-hybridized carbons (Fsp3) is 0.600. The van der Waals surface area contributed by atoms with Crippen LogP contribution in [0.4, 0.5) is 14.9 Å². The molecular formula is C20H28FN3O2. The van der Waals surface area contributed by atoms with Crippen LogP contribution in [-0.2, 0) is 4.79 Å². The molecule has 2 saturated heterocycles.